The molecule has 166 valence electrons. The van der Waals surface area contributed by atoms with Crippen LogP contribution in [-0.2, 0) is 10.0 Å². The molecule has 4 aromatic rings. The number of anilines is 1. The number of carbonyl (C=O) groups is 1. The first-order valence-electron chi connectivity index (χ1n) is 9.56. The van der Waals surface area contributed by atoms with Crippen molar-refractivity contribution in [3.63, 3.8) is 0 Å². The molecule has 0 aliphatic carbocycles. The lowest BCUT2D eigenvalue weighted by Crippen LogP contribution is -2.19. The van der Waals surface area contributed by atoms with E-state index in [1.165, 1.54) is 54.9 Å². The second kappa shape index (κ2) is 9.27. The molecule has 10 heteroatoms. The van der Waals surface area contributed by atoms with Crippen molar-refractivity contribution in [2.75, 3.05) is 4.72 Å². The van der Waals surface area contributed by atoms with Gasteiger partial charge >= 0.3 is 0 Å². The van der Waals surface area contributed by atoms with E-state index < -0.39 is 15.9 Å². The molecule has 0 aliphatic heterocycles. The molecule has 4 rings (SSSR count). The Morgan fingerprint density at radius 1 is 1.00 bits per heavy atom. The number of amides is 1. The van der Waals surface area contributed by atoms with Crippen LogP contribution in [-0.4, -0.2) is 20.5 Å². The highest BCUT2D eigenvalue weighted by molar-refractivity contribution is 7.92. The molecule has 0 saturated heterocycles. The van der Waals surface area contributed by atoms with Crippen molar-refractivity contribution in [1.29, 1.82) is 0 Å². The summed E-state index contributed by atoms with van der Waals surface area (Å²) in [7, 11) is -3.73. The summed E-state index contributed by atoms with van der Waals surface area (Å²) >= 11 is 5.93. The average Bonchev–Trinajstić information content (AvgIpc) is 2.81. The van der Waals surface area contributed by atoms with Gasteiger partial charge in [0.15, 0.2) is 0 Å². The highest BCUT2D eigenvalue weighted by atomic mass is 35.5. The van der Waals surface area contributed by atoms with Crippen LogP contribution in [0.4, 0.5) is 5.69 Å². The van der Waals surface area contributed by atoms with Crippen molar-refractivity contribution in [3.8, 4) is 0 Å². The van der Waals surface area contributed by atoms with Gasteiger partial charge in [0, 0.05) is 16.3 Å². The van der Waals surface area contributed by atoms with E-state index in [0.717, 1.165) is 0 Å². The molecule has 2 N–H and O–H groups in total. The number of rotatable bonds is 6. The van der Waals surface area contributed by atoms with Crippen LogP contribution < -0.4 is 15.6 Å². The summed E-state index contributed by atoms with van der Waals surface area (Å²) in [5.74, 6) is -0.545. The molecule has 3 aromatic carbocycles. The molecule has 1 aromatic heterocycles. The van der Waals surface area contributed by atoms with Crippen LogP contribution in [0.15, 0.2) is 98.3 Å². The van der Waals surface area contributed by atoms with Crippen LogP contribution in [0.5, 0.6) is 0 Å². The summed E-state index contributed by atoms with van der Waals surface area (Å²) in [6.45, 7) is 0. The minimum absolute atomic E-state index is 0.126. The Kier molecular flexibility index (Phi) is 6.25. The van der Waals surface area contributed by atoms with Crippen molar-refractivity contribution >= 4 is 50.4 Å². The van der Waals surface area contributed by atoms with E-state index in [9.17, 15) is 18.0 Å². The fourth-order valence-corrected chi connectivity index (χ4v) is 4.19. The maximum atomic E-state index is 12.5. The number of benzene rings is 3. The summed E-state index contributed by atoms with van der Waals surface area (Å²) in [4.78, 5) is 24.9. The Balaban J connectivity index is 1.43. The van der Waals surface area contributed by atoms with Crippen molar-refractivity contribution in [2.24, 2.45) is 5.10 Å². The monoisotopic (exact) mass is 481 g/mol. The Labute approximate surface area is 193 Å². The molecule has 1 amide bonds. The topological polar surface area (TPSA) is 118 Å². The lowest BCUT2D eigenvalue weighted by atomic mass is 10.2. The zero-order valence-corrected chi connectivity index (χ0v) is 18.4. The molecule has 0 radical (unpaired) electrons. The molecule has 33 heavy (non-hydrogen) atoms. The average molecular weight is 482 g/mol. The normalized spacial score (nSPS) is 11.5. The quantitative estimate of drug-likeness (QED) is 0.318. The summed E-state index contributed by atoms with van der Waals surface area (Å²) in [5.41, 5.74) is 3.03. The molecule has 0 unspecified atom stereocenters. The van der Waals surface area contributed by atoms with Gasteiger partial charge in [-0.15, -0.1) is 0 Å². The molecule has 1 heterocycles. The smallest absolute Gasteiger partial charge is 0.271 e. The van der Waals surface area contributed by atoms with Crippen LogP contribution in [0.25, 0.3) is 11.0 Å². The van der Waals surface area contributed by atoms with Crippen LogP contribution >= 0.6 is 11.6 Å². The van der Waals surface area contributed by atoms with Gasteiger partial charge in [0.2, 0.25) is 5.43 Å². The second-order valence-corrected chi connectivity index (χ2v) is 8.97. The number of nitrogens with zero attached hydrogens (tertiary/aromatic N) is 1. The lowest BCUT2D eigenvalue weighted by molar-refractivity contribution is 0.0955. The highest BCUT2D eigenvalue weighted by Gasteiger charge is 2.14. The first-order chi connectivity index (χ1) is 15.8. The zero-order chi connectivity index (χ0) is 23.4. The number of hydrazone groups is 1. The van der Waals surface area contributed by atoms with Crippen molar-refractivity contribution in [1.82, 2.24) is 5.43 Å². The van der Waals surface area contributed by atoms with Gasteiger partial charge in [-0.2, -0.15) is 5.10 Å². The standard InChI is InChI=1S/C23H16ClN3O5S/c24-17-8-11-21-20(12-17)22(28)16(14-32-21)13-25-26-23(29)15-6-9-18(10-7-15)27-33(30,31)19-4-2-1-3-5-19/h1-14,27H,(H,26,29)/b25-13+. The fourth-order valence-electron chi connectivity index (χ4n) is 2.94. The van der Waals surface area contributed by atoms with Crippen LogP contribution in [0, 0.1) is 0 Å². The van der Waals surface area contributed by atoms with E-state index >= 15 is 0 Å². The molecule has 0 saturated carbocycles. The number of fused-ring (bicyclic) bond motifs is 1. The van der Waals surface area contributed by atoms with Gasteiger partial charge in [-0.25, -0.2) is 13.8 Å². The fraction of sp³-hybridized carbons (Fsp3) is 0. The number of halogens is 1. The number of sulfonamides is 1. The second-order valence-electron chi connectivity index (χ2n) is 6.86. The van der Waals surface area contributed by atoms with Gasteiger partial charge in [0.1, 0.15) is 11.8 Å². The highest BCUT2D eigenvalue weighted by Crippen LogP contribution is 2.17. The number of nitrogens with one attached hydrogen (secondary N) is 2. The summed E-state index contributed by atoms with van der Waals surface area (Å²) in [5, 5.41) is 4.49. The van der Waals surface area contributed by atoms with Crippen LogP contribution in [0.2, 0.25) is 5.02 Å². The van der Waals surface area contributed by atoms with Gasteiger partial charge in [-0.3, -0.25) is 14.3 Å². The predicted molar refractivity (Wildman–Crippen MR) is 126 cm³/mol. The van der Waals surface area contributed by atoms with E-state index in [2.05, 4.69) is 15.2 Å². The van der Waals surface area contributed by atoms with Gasteiger partial charge in [-0.1, -0.05) is 29.8 Å². The number of hydrogen-bond donors (Lipinski definition) is 2. The Bertz CT molecular complexity index is 1520. The minimum atomic E-state index is -3.73. The number of carbonyl (C=O) groups excluding carboxylic acids is 1. The summed E-state index contributed by atoms with van der Waals surface area (Å²) < 4.78 is 32.6. The molecular formula is C23H16ClN3O5S. The van der Waals surface area contributed by atoms with Gasteiger partial charge in [0.25, 0.3) is 15.9 Å². The van der Waals surface area contributed by atoms with Crippen LogP contribution in [0.3, 0.4) is 0 Å². The maximum absolute atomic E-state index is 12.5. The minimum Gasteiger partial charge on any atom is -0.463 e. The van der Waals surface area contributed by atoms with Crippen LogP contribution in [0.1, 0.15) is 15.9 Å². The van der Waals surface area contributed by atoms with E-state index in [-0.39, 0.29) is 21.5 Å². The first-order valence-corrected chi connectivity index (χ1v) is 11.4. The van der Waals surface area contributed by atoms with Crippen molar-refractivity contribution in [3.05, 3.63) is 105 Å². The predicted octanol–water partition coefficient (Wildman–Crippen LogP) is 4.01. The molecular weight excluding hydrogens is 466 g/mol. The number of hydrogen-bond acceptors (Lipinski definition) is 6. The first kappa shape index (κ1) is 22.3. The lowest BCUT2D eigenvalue weighted by Gasteiger charge is -2.08. The van der Waals surface area contributed by atoms with E-state index in [1.807, 2.05) is 0 Å². The van der Waals surface area contributed by atoms with E-state index in [1.54, 1.807) is 30.3 Å². The van der Waals surface area contributed by atoms with Gasteiger partial charge in [0.05, 0.1) is 22.1 Å². The summed E-state index contributed by atoms with van der Waals surface area (Å²) in [6.07, 6.45) is 2.41. The zero-order valence-electron chi connectivity index (χ0n) is 16.9. The maximum Gasteiger partial charge on any atom is 0.271 e. The van der Waals surface area contributed by atoms with Gasteiger partial charge < -0.3 is 4.42 Å². The Morgan fingerprint density at radius 2 is 1.73 bits per heavy atom. The Morgan fingerprint density at radius 3 is 2.45 bits per heavy atom. The van der Waals surface area contributed by atoms with Gasteiger partial charge in [-0.05, 0) is 54.6 Å². The summed E-state index contributed by atoms with van der Waals surface area (Å²) in [6, 6.07) is 18.4. The van der Waals surface area contributed by atoms with E-state index in [4.69, 9.17) is 16.0 Å². The third-order valence-corrected chi connectivity index (χ3v) is 6.22. The molecule has 8 nitrogen and oxygen atoms in total. The molecule has 0 bridgehead atoms. The molecule has 0 aliphatic rings. The molecule has 0 spiro atoms. The van der Waals surface area contributed by atoms with Crippen molar-refractivity contribution < 1.29 is 17.6 Å². The SMILES string of the molecule is O=C(N/N=C/c1coc2ccc(Cl)cc2c1=O)c1ccc(NS(=O)(=O)c2ccccc2)cc1. The third kappa shape index (κ3) is 5.11. The molecule has 0 fully saturated rings. The third-order valence-electron chi connectivity index (χ3n) is 4.58. The van der Waals surface area contributed by atoms with Crippen molar-refractivity contribution in [2.45, 2.75) is 4.90 Å². The van der Waals surface area contributed by atoms with E-state index in [0.29, 0.717) is 21.7 Å². The Hall–Kier alpha value is -3.95. The molecule has 0 atom stereocenters. The largest absolute Gasteiger partial charge is 0.463 e.